The topological polar surface area (TPSA) is 54.3 Å². The maximum atomic E-state index is 12.5. The van der Waals surface area contributed by atoms with Crippen molar-refractivity contribution in [2.45, 2.75) is 6.42 Å². The summed E-state index contributed by atoms with van der Waals surface area (Å²) in [5.74, 6) is -0.195. The van der Waals surface area contributed by atoms with Gasteiger partial charge in [0.05, 0.1) is 12.3 Å². The molecular formula is C24H19N3O2. The van der Waals surface area contributed by atoms with Crippen molar-refractivity contribution in [1.29, 1.82) is 0 Å². The molecule has 3 aromatic carbocycles. The number of amides is 1. The lowest BCUT2D eigenvalue weighted by molar-refractivity contribution is -0.135. The summed E-state index contributed by atoms with van der Waals surface area (Å²) in [6, 6.07) is 26.1. The molecule has 0 radical (unpaired) electrons. The number of fused-ring (bicyclic) bond motifs is 3. The summed E-state index contributed by atoms with van der Waals surface area (Å²) in [7, 11) is 0. The summed E-state index contributed by atoms with van der Waals surface area (Å²) in [6.07, 6.45) is 0.741. The van der Waals surface area contributed by atoms with Crippen LogP contribution < -0.4 is 0 Å². The Labute approximate surface area is 168 Å². The van der Waals surface area contributed by atoms with E-state index in [1.165, 1.54) is 5.01 Å². The molecule has 0 atom stereocenters. The van der Waals surface area contributed by atoms with Crippen LogP contribution in [0.15, 0.2) is 89.1 Å². The van der Waals surface area contributed by atoms with Crippen LogP contribution in [0.4, 0.5) is 0 Å². The van der Waals surface area contributed by atoms with E-state index in [0.717, 1.165) is 45.7 Å². The Morgan fingerprint density at radius 1 is 0.862 bits per heavy atom. The molecule has 1 amide bonds. The van der Waals surface area contributed by atoms with Crippen LogP contribution in [0.25, 0.3) is 11.1 Å². The predicted molar refractivity (Wildman–Crippen MR) is 113 cm³/mol. The van der Waals surface area contributed by atoms with Crippen molar-refractivity contribution in [3.63, 3.8) is 0 Å². The van der Waals surface area contributed by atoms with E-state index >= 15 is 0 Å². The summed E-state index contributed by atoms with van der Waals surface area (Å²) >= 11 is 0. The Morgan fingerprint density at radius 2 is 1.45 bits per heavy atom. The van der Waals surface area contributed by atoms with E-state index in [4.69, 9.17) is 4.84 Å². The third-order valence-corrected chi connectivity index (χ3v) is 5.20. The van der Waals surface area contributed by atoms with Gasteiger partial charge in [-0.25, -0.2) is 5.01 Å². The van der Waals surface area contributed by atoms with E-state index in [-0.39, 0.29) is 12.5 Å². The quantitative estimate of drug-likeness (QED) is 0.500. The standard InChI is InChI=1S/C24H19N3O2/c28-23(27-15-14-22(25-27)17-8-2-1-3-9-17)16-29-26-24-20-12-6-4-10-18(20)19-11-5-7-13-21(19)24/h1-13H,14-16H2. The molecule has 142 valence electrons. The lowest BCUT2D eigenvalue weighted by Gasteiger charge is -2.10. The molecule has 0 unspecified atom stereocenters. The molecule has 0 N–H and O–H groups in total. The number of nitrogens with zero attached hydrogens (tertiary/aromatic N) is 3. The smallest absolute Gasteiger partial charge is 0.283 e. The zero-order chi connectivity index (χ0) is 19.6. The van der Waals surface area contributed by atoms with Crippen LogP contribution in [0, 0.1) is 0 Å². The molecule has 0 saturated carbocycles. The largest absolute Gasteiger partial charge is 0.385 e. The number of carbonyl (C=O) groups excluding carboxylic acids is 1. The van der Waals surface area contributed by atoms with Gasteiger partial charge in [0.15, 0.2) is 6.61 Å². The van der Waals surface area contributed by atoms with E-state index in [1.807, 2.05) is 66.7 Å². The first-order chi connectivity index (χ1) is 14.3. The number of benzene rings is 3. The lowest BCUT2D eigenvalue weighted by atomic mass is 10.1. The van der Waals surface area contributed by atoms with Crippen molar-refractivity contribution in [2.24, 2.45) is 10.3 Å². The van der Waals surface area contributed by atoms with E-state index in [1.54, 1.807) is 0 Å². The Hall–Kier alpha value is -3.73. The first-order valence-electron chi connectivity index (χ1n) is 9.63. The van der Waals surface area contributed by atoms with Gasteiger partial charge >= 0.3 is 0 Å². The normalized spacial score (nSPS) is 14.3. The number of hydrogen-bond donors (Lipinski definition) is 0. The molecule has 5 heteroatoms. The van der Waals surface area contributed by atoms with Gasteiger partial charge in [0, 0.05) is 17.5 Å². The van der Waals surface area contributed by atoms with E-state index in [2.05, 4.69) is 22.4 Å². The minimum atomic E-state index is -0.195. The van der Waals surface area contributed by atoms with Gasteiger partial charge in [0.2, 0.25) is 0 Å². The van der Waals surface area contributed by atoms with E-state index in [9.17, 15) is 4.79 Å². The molecule has 1 aliphatic carbocycles. The van der Waals surface area contributed by atoms with Gasteiger partial charge in [-0.15, -0.1) is 0 Å². The van der Waals surface area contributed by atoms with Gasteiger partial charge in [0.1, 0.15) is 5.71 Å². The summed E-state index contributed by atoms with van der Waals surface area (Å²) in [5.41, 5.74) is 7.03. The number of carbonyl (C=O) groups is 1. The first-order valence-corrected chi connectivity index (χ1v) is 9.63. The zero-order valence-corrected chi connectivity index (χ0v) is 15.8. The van der Waals surface area contributed by atoms with Crippen LogP contribution in [-0.2, 0) is 9.63 Å². The van der Waals surface area contributed by atoms with Crippen molar-refractivity contribution < 1.29 is 9.63 Å². The monoisotopic (exact) mass is 381 g/mol. The van der Waals surface area contributed by atoms with Gasteiger partial charge < -0.3 is 4.84 Å². The molecule has 3 aromatic rings. The molecule has 5 nitrogen and oxygen atoms in total. The SMILES string of the molecule is O=C(CON=C1c2ccccc2-c2ccccc21)N1CCC(c2ccccc2)=N1. The predicted octanol–water partition coefficient (Wildman–Crippen LogP) is 4.07. The number of rotatable bonds is 4. The summed E-state index contributed by atoms with van der Waals surface area (Å²) in [4.78, 5) is 18.0. The number of oxime groups is 1. The molecule has 1 aliphatic heterocycles. The number of hydrazone groups is 1. The average Bonchev–Trinajstić information content (AvgIpc) is 3.39. The van der Waals surface area contributed by atoms with Gasteiger partial charge in [-0.2, -0.15) is 5.10 Å². The summed E-state index contributed by atoms with van der Waals surface area (Å²) in [5, 5.41) is 10.2. The Bertz CT molecular complexity index is 1090. The Balaban J connectivity index is 1.31. The highest BCUT2D eigenvalue weighted by molar-refractivity contribution is 6.24. The fraction of sp³-hybridized carbons (Fsp3) is 0.125. The molecule has 0 fully saturated rings. The molecule has 0 aromatic heterocycles. The third-order valence-electron chi connectivity index (χ3n) is 5.20. The molecule has 5 rings (SSSR count). The Morgan fingerprint density at radius 3 is 2.10 bits per heavy atom. The van der Waals surface area contributed by atoms with Crippen LogP contribution in [0.1, 0.15) is 23.1 Å². The van der Waals surface area contributed by atoms with Crippen molar-refractivity contribution in [2.75, 3.05) is 13.2 Å². The van der Waals surface area contributed by atoms with Gasteiger partial charge in [0.25, 0.3) is 5.91 Å². The second kappa shape index (κ2) is 7.36. The summed E-state index contributed by atoms with van der Waals surface area (Å²) in [6.45, 7) is 0.425. The van der Waals surface area contributed by atoms with E-state index < -0.39 is 0 Å². The van der Waals surface area contributed by atoms with Crippen LogP contribution in [0.2, 0.25) is 0 Å². The van der Waals surface area contributed by atoms with Crippen molar-refractivity contribution in [3.05, 3.63) is 95.6 Å². The Kier molecular flexibility index (Phi) is 4.41. The van der Waals surface area contributed by atoms with Crippen molar-refractivity contribution in [3.8, 4) is 11.1 Å². The molecule has 29 heavy (non-hydrogen) atoms. The molecule has 0 spiro atoms. The van der Waals surface area contributed by atoms with Crippen molar-refractivity contribution >= 4 is 17.3 Å². The van der Waals surface area contributed by atoms with Gasteiger partial charge in [-0.05, 0) is 16.7 Å². The first kappa shape index (κ1) is 17.4. The van der Waals surface area contributed by atoms with Crippen LogP contribution >= 0.6 is 0 Å². The minimum absolute atomic E-state index is 0.139. The molecule has 1 heterocycles. The molecular weight excluding hydrogens is 362 g/mol. The number of hydrogen-bond acceptors (Lipinski definition) is 4. The molecule has 0 bridgehead atoms. The highest BCUT2D eigenvalue weighted by atomic mass is 16.6. The fourth-order valence-corrected chi connectivity index (χ4v) is 3.79. The molecule has 2 aliphatic rings. The van der Waals surface area contributed by atoms with E-state index in [0.29, 0.717) is 6.54 Å². The highest BCUT2D eigenvalue weighted by Crippen LogP contribution is 2.36. The highest BCUT2D eigenvalue weighted by Gasteiger charge is 2.25. The fourth-order valence-electron chi connectivity index (χ4n) is 3.79. The van der Waals surface area contributed by atoms with Gasteiger partial charge in [-0.1, -0.05) is 84.0 Å². The lowest BCUT2D eigenvalue weighted by Crippen LogP contribution is -2.27. The molecule has 0 saturated heterocycles. The minimum Gasteiger partial charge on any atom is -0.385 e. The van der Waals surface area contributed by atoms with Crippen molar-refractivity contribution in [1.82, 2.24) is 5.01 Å². The van der Waals surface area contributed by atoms with Crippen LogP contribution in [0.5, 0.6) is 0 Å². The zero-order valence-electron chi connectivity index (χ0n) is 15.8. The van der Waals surface area contributed by atoms with Crippen LogP contribution in [0.3, 0.4) is 0 Å². The third kappa shape index (κ3) is 3.21. The van der Waals surface area contributed by atoms with Crippen LogP contribution in [-0.4, -0.2) is 35.5 Å². The second-order valence-corrected chi connectivity index (χ2v) is 6.98. The average molecular weight is 381 g/mol. The summed E-state index contributed by atoms with van der Waals surface area (Å²) < 4.78 is 0. The maximum Gasteiger partial charge on any atom is 0.283 e. The maximum absolute atomic E-state index is 12.5. The van der Waals surface area contributed by atoms with Gasteiger partial charge in [-0.3, -0.25) is 4.79 Å². The second-order valence-electron chi connectivity index (χ2n) is 6.98.